The van der Waals surface area contributed by atoms with E-state index in [4.69, 9.17) is 18.9 Å². The van der Waals surface area contributed by atoms with Gasteiger partial charge < -0.3 is 39.2 Å². The molecule has 3 heterocycles. The quantitative estimate of drug-likeness (QED) is 0.117. The molecule has 12 heteroatoms. The van der Waals surface area contributed by atoms with Crippen LogP contribution in [-0.4, -0.2) is 98.0 Å². The van der Waals surface area contributed by atoms with Crippen LogP contribution in [-0.2, 0) is 33.4 Å². The molecule has 3 saturated heterocycles. The van der Waals surface area contributed by atoms with Gasteiger partial charge in [-0.05, 0) is 68.4 Å². The number of carbonyl (C=O) groups is 4. The molecule has 0 saturated carbocycles. The Labute approximate surface area is 305 Å². The summed E-state index contributed by atoms with van der Waals surface area (Å²) in [5, 5.41) is 12.4. The summed E-state index contributed by atoms with van der Waals surface area (Å²) >= 11 is 0. The molecule has 0 radical (unpaired) electrons. The number of methoxy groups -OCH3 is 2. The van der Waals surface area contributed by atoms with Gasteiger partial charge in [-0.2, -0.15) is 0 Å². The maximum Gasteiger partial charge on any atom is 0.313 e. The van der Waals surface area contributed by atoms with Gasteiger partial charge in [-0.15, -0.1) is 13.2 Å². The molecule has 280 valence electrons. The van der Waals surface area contributed by atoms with E-state index in [9.17, 15) is 24.3 Å². The standard InChI is InChI=1S/C40H51N3O9/c1-5-7-16-32(45)41-30(26-49-3)35(27-14-10-8-11-15-27)51-39(48)33-31-21-22-40(52-31)34(33)37(46)43(24-12-9-13-25-44)36(40)38(47)42(23-6-2)28-17-19-29(50-4)20-18-28/h5-6,8,10-11,14-15,17-20,30-31,33-36,44H,1-2,7,9,12-13,16,21-26H2,3-4H3,(H,41,45)/t30-,31+,33-,34-,35-,36+,40-/m1/s1. The van der Waals surface area contributed by atoms with Gasteiger partial charge in [-0.1, -0.05) is 42.5 Å². The average Bonchev–Trinajstić information content (AvgIpc) is 3.81. The zero-order chi connectivity index (χ0) is 37.3. The van der Waals surface area contributed by atoms with E-state index >= 15 is 0 Å². The second-order valence-corrected chi connectivity index (χ2v) is 13.5. The second kappa shape index (κ2) is 17.8. The van der Waals surface area contributed by atoms with E-state index in [1.165, 1.54) is 7.11 Å². The molecule has 1 spiro atoms. The summed E-state index contributed by atoms with van der Waals surface area (Å²) in [6.07, 6.45) is 5.05. The summed E-state index contributed by atoms with van der Waals surface area (Å²) in [4.78, 5) is 59.9. The van der Waals surface area contributed by atoms with E-state index in [1.807, 2.05) is 30.3 Å². The van der Waals surface area contributed by atoms with E-state index in [-0.39, 0.29) is 50.4 Å². The maximum atomic E-state index is 14.8. The van der Waals surface area contributed by atoms with Gasteiger partial charge in [0.1, 0.15) is 23.5 Å². The minimum Gasteiger partial charge on any atom is -0.497 e. The number of hydrogen-bond acceptors (Lipinski definition) is 9. The monoisotopic (exact) mass is 717 g/mol. The van der Waals surface area contributed by atoms with Gasteiger partial charge in [0.15, 0.2) is 0 Å². The number of likely N-dealkylation sites (tertiary alicyclic amines) is 1. The Morgan fingerprint density at radius 3 is 2.48 bits per heavy atom. The van der Waals surface area contributed by atoms with Crippen molar-refractivity contribution in [2.75, 3.05) is 45.4 Å². The number of aliphatic hydroxyl groups excluding tert-OH is 1. The topological polar surface area (TPSA) is 144 Å². The smallest absolute Gasteiger partial charge is 0.313 e. The molecule has 2 N–H and O–H groups in total. The van der Waals surface area contributed by atoms with Crippen LogP contribution in [0.2, 0.25) is 0 Å². The molecule has 2 aromatic carbocycles. The van der Waals surface area contributed by atoms with Gasteiger partial charge in [0, 0.05) is 38.9 Å². The highest BCUT2D eigenvalue weighted by Gasteiger charge is 2.75. The van der Waals surface area contributed by atoms with Gasteiger partial charge >= 0.3 is 5.97 Å². The summed E-state index contributed by atoms with van der Waals surface area (Å²) in [5.41, 5.74) is 0.00157. The van der Waals surface area contributed by atoms with Crippen LogP contribution in [0.15, 0.2) is 79.9 Å². The Morgan fingerprint density at radius 1 is 1.08 bits per heavy atom. The number of hydrogen-bond donors (Lipinski definition) is 2. The van der Waals surface area contributed by atoms with Crippen LogP contribution in [0.3, 0.4) is 0 Å². The van der Waals surface area contributed by atoms with Crippen LogP contribution in [0, 0.1) is 11.8 Å². The molecule has 5 rings (SSSR count). The fourth-order valence-electron chi connectivity index (χ4n) is 8.00. The van der Waals surface area contributed by atoms with Crippen molar-refractivity contribution in [2.24, 2.45) is 11.8 Å². The number of allylic oxidation sites excluding steroid dienone is 1. The number of nitrogens with zero attached hydrogens (tertiary/aromatic N) is 2. The number of ether oxygens (including phenoxy) is 4. The van der Waals surface area contributed by atoms with Crippen LogP contribution in [0.5, 0.6) is 5.75 Å². The molecular weight excluding hydrogens is 666 g/mol. The molecule has 52 heavy (non-hydrogen) atoms. The van der Waals surface area contributed by atoms with Gasteiger partial charge in [0.2, 0.25) is 11.8 Å². The zero-order valence-corrected chi connectivity index (χ0v) is 30.1. The summed E-state index contributed by atoms with van der Waals surface area (Å²) in [6.45, 7) is 8.09. The number of amides is 3. The van der Waals surface area contributed by atoms with Crippen LogP contribution >= 0.6 is 0 Å². The van der Waals surface area contributed by atoms with Crippen molar-refractivity contribution in [3.05, 3.63) is 85.5 Å². The number of benzene rings is 2. The zero-order valence-electron chi connectivity index (χ0n) is 30.1. The summed E-state index contributed by atoms with van der Waals surface area (Å²) in [6, 6.07) is 14.5. The van der Waals surface area contributed by atoms with Gasteiger partial charge in [-0.25, -0.2) is 0 Å². The largest absolute Gasteiger partial charge is 0.497 e. The third-order valence-electron chi connectivity index (χ3n) is 10.3. The van der Waals surface area contributed by atoms with Crippen LogP contribution in [0.25, 0.3) is 0 Å². The normalized spacial score (nSPS) is 24.1. The summed E-state index contributed by atoms with van der Waals surface area (Å²) in [5.74, 6) is -2.83. The second-order valence-electron chi connectivity index (χ2n) is 13.5. The van der Waals surface area contributed by atoms with E-state index in [0.29, 0.717) is 55.5 Å². The predicted octanol–water partition coefficient (Wildman–Crippen LogP) is 4.13. The number of anilines is 1. The Balaban J connectivity index is 1.48. The van der Waals surface area contributed by atoms with Crippen molar-refractivity contribution in [2.45, 2.75) is 74.8 Å². The number of aliphatic hydroxyl groups is 1. The van der Waals surface area contributed by atoms with Gasteiger partial charge in [0.05, 0.1) is 37.7 Å². The SMILES string of the molecule is C=CCCC(=O)N[C@H](COC)[C@H](OC(=O)[C@@H]1[C@@H]2CC[C@]3(O2)[C@H](C(=O)N(CC=C)c2ccc(OC)cc2)N(CCCCCO)C(=O)[C@@H]13)c1ccccc1. The predicted molar refractivity (Wildman–Crippen MR) is 194 cm³/mol. The minimum absolute atomic E-state index is 0.0213. The first-order chi connectivity index (χ1) is 25.2. The lowest BCUT2D eigenvalue weighted by molar-refractivity contribution is -0.163. The molecule has 12 nitrogen and oxygen atoms in total. The molecule has 3 aliphatic rings. The number of nitrogens with one attached hydrogen (secondary N) is 1. The first-order valence-electron chi connectivity index (χ1n) is 18.0. The molecule has 7 atom stereocenters. The van der Waals surface area contributed by atoms with Crippen molar-refractivity contribution in [3.8, 4) is 5.75 Å². The number of rotatable bonds is 20. The molecule has 0 unspecified atom stereocenters. The Kier molecular flexibility index (Phi) is 13.3. The fourth-order valence-corrected chi connectivity index (χ4v) is 8.00. The molecule has 2 aromatic rings. The number of fused-ring (bicyclic) bond motifs is 1. The molecule has 0 aromatic heterocycles. The summed E-state index contributed by atoms with van der Waals surface area (Å²) in [7, 11) is 3.07. The van der Waals surface area contributed by atoms with E-state index < -0.39 is 47.7 Å². The third-order valence-corrected chi connectivity index (χ3v) is 10.3. The molecule has 3 aliphatic heterocycles. The Hall–Kier alpha value is -4.52. The average molecular weight is 718 g/mol. The molecular formula is C40H51N3O9. The highest BCUT2D eigenvalue weighted by Crippen LogP contribution is 2.59. The number of carbonyl (C=O) groups excluding carboxylic acids is 4. The highest BCUT2D eigenvalue weighted by atomic mass is 16.6. The lowest BCUT2D eigenvalue weighted by Gasteiger charge is -2.37. The van der Waals surface area contributed by atoms with Crippen molar-refractivity contribution < 1.29 is 43.2 Å². The first-order valence-corrected chi connectivity index (χ1v) is 18.0. The maximum absolute atomic E-state index is 14.8. The Bertz CT molecular complexity index is 1570. The lowest BCUT2D eigenvalue weighted by atomic mass is 9.70. The first kappa shape index (κ1) is 38.7. The molecule has 3 fully saturated rings. The van der Waals surface area contributed by atoms with E-state index in [1.54, 1.807) is 53.3 Å². The minimum atomic E-state index is -1.25. The number of unbranched alkanes of at least 4 members (excludes halogenated alkanes) is 2. The highest BCUT2D eigenvalue weighted by molar-refractivity contribution is 6.04. The van der Waals surface area contributed by atoms with Crippen molar-refractivity contribution in [3.63, 3.8) is 0 Å². The molecule has 3 amide bonds. The van der Waals surface area contributed by atoms with E-state index in [0.717, 1.165) is 0 Å². The van der Waals surface area contributed by atoms with Crippen molar-refractivity contribution in [1.82, 2.24) is 10.2 Å². The van der Waals surface area contributed by atoms with Crippen molar-refractivity contribution >= 4 is 29.4 Å². The van der Waals surface area contributed by atoms with Gasteiger partial charge in [-0.3, -0.25) is 19.2 Å². The molecule has 0 aliphatic carbocycles. The lowest BCUT2D eigenvalue weighted by Crippen LogP contribution is -2.56. The van der Waals surface area contributed by atoms with E-state index in [2.05, 4.69) is 18.5 Å². The van der Waals surface area contributed by atoms with Crippen LogP contribution in [0.4, 0.5) is 5.69 Å². The van der Waals surface area contributed by atoms with Gasteiger partial charge in [0.25, 0.3) is 5.91 Å². The summed E-state index contributed by atoms with van der Waals surface area (Å²) < 4.78 is 23.8. The third kappa shape index (κ3) is 7.94. The molecule has 2 bridgehead atoms. The number of esters is 1. The van der Waals surface area contributed by atoms with Crippen LogP contribution in [0.1, 0.15) is 56.6 Å². The Morgan fingerprint density at radius 2 is 1.83 bits per heavy atom. The van der Waals surface area contributed by atoms with Crippen LogP contribution < -0.4 is 15.0 Å². The van der Waals surface area contributed by atoms with Crippen molar-refractivity contribution in [1.29, 1.82) is 0 Å². The fraction of sp³-hybridized carbons (Fsp3) is 0.500.